The minimum absolute atomic E-state index is 0.000763. The van der Waals surface area contributed by atoms with Crippen molar-refractivity contribution in [2.45, 2.75) is 19.4 Å². The first-order chi connectivity index (χ1) is 8.16. The molecule has 2 N–H and O–H groups in total. The van der Waals surface area contributed by atoms with E-state index in [2.05, 4.69) is 4.98 Å². The summed E-state index contributed by atoms with van der Waals surface area (Å²) in [5.74, 6) is 0. The number of nitrogens with zero attached hydrogens (tertiary/aromatic N) is 1. The van der Waals surface area contributed by atoms with Crippen LogP contribution in [-0.2, 0) is 6.42 Å². The van der Waals surface area contributed by atoms with E-state index in [4.69, 9.17) is 17.3 Å². The number of aromatic nitrogens is 1. The third-order valence-electron chi connectivity index (χ3n) is 2.83. The molecule has 17 heavy (non-hydrogen) atoms. The van der Waals surface area contributed by atoms with E-state index in [-0.39, 0.29) is 6.04 Å². The quantitative estimate of drug-likeness (QED) is 0.903. The van der Waals surface area contributed by atoms with Crippen LogP contribution in [0.3, 0.4) is 0 Å². The number of rotatable bonds is 3. The number of nitrogens with two attached hydrogens (primary N) is 1. The van der Waals surface area contributed by atoms with Gasteiger partial charge in [-0.2, -0.15) is 0 Å². The second-order valence-corrected chi connectivity index (χ2v) is 4.61. The molecule has 2 nitrogen and oxygen atoms in total. The van der Waals surface area contributed by atoms with Crippen LogP contribution < -0.4 is 5.73 Å². The van der Waals surface area contributed by atoms with E-state index in [9.17, 15) is 0 Å². The van der Waals surface area contributed by atoms with E-state index < -0.39 is 0 Å². The molecule has 0 aliphatic carbocycles. The van der Waals surface area contributed by atoms with Gasteiger partial charge in [-0.25, -0.2) is 0 Å². The summed E-state index contributed by atoms with van der Waals surface area (Å²) in [6, 6.07) is 9.79. The van der Waals surface area contributed by atoms with Crippen molar-refractivity contribution in [1.82, 2.24) is 4.98 Å². The van der Waals surface area contributed by atoms with Crippen molar-refractivity contribution in [3.63, 3.8) is 0 Å². The summed E-state index contributed by atoms with van der Waals surface area (Å²) in [4.78, 5) is 4.07. The average molecular weight is 247 g/mol. The summed E-state index contributed by atoms with van der Waals surface area (Å²) >= 11 is 5.85. The molecule has 0 radical (unpaired) electrons. The molecule has 1 aromatic heterocycles. The van der Waals surface area contributed by atoms with Crippen molar-refractivity contribution in [3.05, 3.63) is 64.4 Å². The Hall–Kier alpha value is -1.38. The molecule has 1 aromatic carbocycles. The van der Waals surface area contributed by atoms with Gasteiger partial charge in [-0.1, -0.05) is 23.7 Å². The fourth-order valence-corrected chi connectivity index (χ4v) is 2.01. The lowest BCUT2D eigenvalue weighted by atomic mass is 9.98. The maximum atomic E-state index is 6.21. The second-order valence-electron chi connectivity index (χ2n) is 4.17. The van der Waals surface area contributed by atoms with Crippen molar-refractivity contribution in [3.8, 4) is 0 Å². The van der Waals surface area contributed by atoms with E-state index in [1.807, 2.05) is 43.5 Å². The summed E-state index contributed by atoms with van der Waals surface area (Å²) in [6.45, 7) is 2.03. The van der Waals surface area contributed by atoms with Gasteiger partial charge in [-0.15, -0.1) is 0 Å². The highest BCUT2D eigenvalue weighted by molar-refractivity contribution is 6.30. The fourth-order valence-electron chi connectivity index (χ4n) is 1.88. The van der Waals surface area contributed by atoms with Crippen molar-refractivity contribution < 1.29 is 0 Å². The first-order valence-corrected chi connectivity index (χ1v) is 5.95. The van der Waals surface area contributed by atoms with Crippen LogP contribution in [-0.4, -0.2) is 4.98 Å². The molecule has 1 unspecified atom stereocenters. The Morgan fingerprint density at radius 3 is 2.59 bits per heavy atom. The van der Waals surface area contributed by atoms with Crippen LogP contribution in [0.1, 0.15) is 22.7 Å². The molecular formula is C14H15ClN2. The van der Waals surface area contributed by atoms with E-state index in [0.29, 0.717) is 0 Å². The third-order valence-corrected chi connectivity index (χ3v) is 3.08. The summed E-state index contributed by atoms with van der Waals surface area (Å²) in [6.07, 6.45) is 4.43. The van der Waals surface area contributed by atoms with Crippen LogP contribution in [0.15, 0.2) is 42.7 Å². The van der Waals surface area contributed by atoms with Crippen LogP contribution >= 0.6 is 11.6 Å². The zero-order chi connectivity index (χ0) is 12.3. The number of pyridine rings is 1. The third kappa shape index (κ3) is 3.05. The molecule has 0 bridgehead atoms. The zero-order valence-corrected chi connectivity index (χ0v) is 10.5. The fraction of sp³-hybridized carbons (Fsp3) is 0.214. The first kappa shape index (κ1) is 12.1. The maximum absolute atomic E-state index is 6.21. The second kappa shape index (κ2) is 5.30. The standard InChI is InChI=1S/C14H15ClN2/c1-10-9-17-7-6-13(10)14(16)8-11-2-4-12(15)5-3-11/h2-7,9,14H,8,16H2,1H3. The Morgan fingerprint density at radius 1 is 1.24 bits per heavy atom. The van der Waals surface area contributed by atoms with E-state index in [1.54, 1.807) is 6.20 Å². The van der Waals surface area contributed by atoms with Gasteiger partial charge in [0.25, 0.3) is 0 Å². The summed E-state index contributed by atoms with van der Waals surface area (Å²) in [5.41, 5.74) is 9.68. The highest BCUT2D eigenvalue weighted by atomic mass is 35.5. The Balaban J connectivity index is 2.14. The van der Waals surface area contributed by atoms with Crippen LogP contribution in [0.5, 0.6) is 0 Å². The van der Waals surface area contributed by atoms with Gasteiger partial charge in [0.05, 0.1) is 0 Å². The van der Waals surface area contributed by atoms with E-state index in [1.165, 1.54) is 5.56 Å². The highest BCUT2D eigenvalue weighted by Crippen LogP contribution is 2.19. The molecule has 1 heterocycles. The Morgan fingerprint density at radius 2 is 1.94 bits per heavy atom. The molecule has 3 heteroatoms. The number of aryl methyl sites for hydroxylation is 1. The van der Waals surface area contributed by atoms with Gasteiger partial charge in [-0.05, 0) is 48.2 Å². The first-order valence-electron chi connectivity index (χ1n) is 5.57. The largest absolute Gasteiger partial charge is 0.324 e. The topological polar surface area (TPSA) is 38.9 Å². The summed E-state index contributed by atoms with van der Waals surface area (Å²) in [7, 11) is 0. The molecule has 0 aliphatic heterocycles. The monoisotopic (exact) mass is 246 g/mol. The Kier molecular flexibility index (Phi) is 3.77. The number of hydrogen-bond acceptors (Lipinski definition) is 2. The SMILES string of the molecule is Cc1cnccc1C(N)Cc1ccc(Cl)cc1. The maximum Gasteiger partial charge on any atom is 0.0406 e. The average Bonchev–Trinajstić information content (AvgIpc) is 2.32. The van der Waals surface area contributed by atoms with Crippen molar-refractivity contribution >= 4 is 11.6 Å². The minimum Gasteiger partial charge on any atom is -0.324 e. The lowest BCUT2D eigenvalue weighted by Gasteiger charge is -2.14. The molecule has 1 atom stereocenters. The summed E-state index contributed by atoms with van der Waals surface area (Å²) < 4.78 is 0. The molecule has 0 spiro atoms. The number of hydrogen-bond donors (Lipinski definition) is 1. The van der Waals surface area contributed by atoms with Gasteiger partial charge in [0.15, 0.2) is 0 Å². The molecule has 88 valence electrons. The lowest BCUT2D eigenvalue weighted by molar-refractivity contribution is 0.715. The molecule has 0 fully saturated rings. The highest BCUT2D eigenvalue weighted by Gasteiger charge is 2.09. The zero-order valence-electron chi connectivity index (χ0n) is 9.73. The molecular weight excluding hydrogens is 232 g/mol. The van der Waals surface area contributed by atoms with Gasteiger partial charge in [-0.3, -0.25) is 4.98 Å². The molecule has 2 rings (SSSR count). The van der Waals surface area contributed by atoms with Crippen molar-refractivity contribution in [1.29, 1.82) is 0 Å². The normalized spacial score (nSPS) is 12.4. The minimum atomic E-state index is -0.000763. The molecule has 0 saturated heterocycles. The van der Waals surface area contributed by atoms with Gasteiger partial charge in [0.1, 0.15) is 0 Å². The smallest absolute Gasteiger partial charge is 0.0406 e. The molecule has 2 aromatic rings. The van der Waals surface area contributed by atoms with Gasteiger partial charge < -0.3 is 5.73 Å². The molecule has 0 saturated carbocycles. The number of halogens is 1. The predicted octanol–water partition coefficient (Wildman–Crippen LogP) is 3.29. The molecule has 0 amide bonds. The van der Waals surface area contributed by atoms with Crippen LogP contribution in [0.25, 0.3) is 0 Å². The van der Waals surface area contributed by atoms with Crippen molar-refractivity contribution in [2.75, 3.05) is 0 Å². The van der Waals surface area contributed by atoms with E-state index >= 15 is 0 Å². The van der Waals surface area contributed by atoms with Crippen LogP contribution in [0.2, 0.25) is 5.02 Å². The van der Waals surface area contributed by atoms with Gasteiger partial charge in [0.2, 0.25) is 0 Å². The predicted molar refractivity (Wildman–Crippen MR) is 71.1 cm³/mol. The van der Waals surface area contributed by atoms with Gasteiger partial charge in [0, 0.05) is 23.5 Å². The van der Waals surface area contributed by atoms with Crippen molar-refractivity contribution in [2.24, 2.45) is 5.73 Å². The van der Waals surface area contributed by atoms with Crippen LogP contribution in [0, 0.1) is 6.92 Å². The number of benzene rings is 1. The molecule has 0 aliphatic rings. The summed E-state index contributed by atoms with van der Waals surface area (Å²) in [5, 5.41) is 0.752. The van der Waals surface area contributed by atoms with Crippen LogP contribution in [0.4, 0.5) is 0 Å². The van der Waals surface area contributed by atoms with E-state index in [0.717, 1.165) is 22.6 Å². The lowest BCUT2D eigenvalue weighted by Crippen LogP contribution is -2.14. The Labute approximate surface area is 106 Å². The van der Waals surface area contributed by atoms with Gasteiger partial charge >= 0.3 is 0 Å². The Bertz CT molecular complexity index is 494.